The Hall–Kier alpha value is -2.29. The van der Waals surface area contributed by atoms with Crippen molar-refractivity contribution in [2.75, 3.05) is 34.4 Å². The number of carbonyl (C=O) groups excluding carboxylic acids is 1. The molecule has 5 nitrogen and oxygen atoms in total. The molecule has 3 aromatic rings. The van der Waals surface area contributed by atoms with Gasteiger partial charge in [0.1, 0.15) is 18.1 Å². The van der Waals surface area contributed by atoms with Gasteiger partial charge in [0.25, 0.3) is 0 Å². The van der Waals surface area contributed by atoms with Gasteiger partial charge in [-0.05, 0) is 60.4 Å². The number of quaternary nitrogens is 1. The van der Waals surface area contributed by atoms with Gasteiger partial charge in [-0.1, -0.05) is 79.7 Å². The van der Waals surface area contributed by atoms with Crippen LogP contribution in [0, 0.1) is 0 Å². The fourth-order valence-electron chi connectivity index (χ4n) is 4.31. The second kappa shape index (κ2) is 18.2. The van der Waals surface area contributed by atoms with Crippen molar-refractivity contribution >= 4 is 17.6 Å². The molecule has 0 aromatic heterocycles. The van der Waals surface area contributed by atoms with Crippen molar-refractivity contribution in [2.45, 2.75) is 57.6 Å². The van der Waals surface area contributed by atoms with Crippen molar-refractivity contribution in [3.05, 3.63) is 95.0 Å². The van der Waals surface area contributed by atoms with E-state index in [0.29, 0.717) is 35.7 Å². The SMILES string of the molecule is C[N+](C)(C)C(Cc1ccccc1)C(=O)OCCCCCCCCOc1ccc(OCc2cccc(Cl)c2)cc1.[I-]. The van der Waals surface area contributed by atoms with E-state index in [4.69, 9.17) is 25.8 Å². The van der Waals surface area contributed by atoms with Crippen molar-refractivity contribution in [3.63, 3.8) is 0 Å². The maximum absolute atomic E-state index is 12.8. The number of ether oxygens (including phenoxy) is 3. The molecule has 7 heteroatoms. The van der Waals surface area contributed by atoms with E-state index >= 15 is 0 Å². The minimum Gasteiger partial charge on any atom is -1.00 e. The van der Waals surface area contributed by atoms with Gasteiger partial charge in [-0.15, -0.1) is 0 Å². The molecule has 0 N–H and O–H groups in total. The van der Waals surface area contributed by atoms with Gasteiger partial charge >= 0.3 is 5.97 Å². The second-order valence-electron chi connectivity index (χ2n) is 10.8. The molecule has 0 amide bonds. The quantitative estimate of drug-likeness (QED) is 0.0913. The lowest BCUT2D eigenvalue weighted by Gasteiger charge is -2.32. The van der Waals surface area contributed by atoms with Gasteiger partial charge in [0.2, 0.25) is 0 Å². The predicted octanol–water partition coefficient (Wildman–Crippen LogP) is 4.50. The van der Waals surface area contributed by atoms with E-state index in [2.05, 4.69) is 12.1 Å². The van der Waals surface area contributed by atoms with Gasteiger partial charge in [0.15, 0.2) is 6.04 Å². The molecule has 1 atom stereocenters. The summed E-state index contributed by atoms with van der Waals surface area (Å²) >= 11 is 6.02. The van der Waals surface area contributed by atoms with Crippen LogP contribution in [-0.2, 0) is 22.6 Å². The van der Waals surface area contributed by atoms with Crippen LogP contribution >= 0.6 is 11.6 Å². The van der Waals surface area contributed by atoms with E-state index in [0.717, 1.165) is 61.2 Å². The third-order valence-electron chi connectivity index (χ3n) is 6.65. The van der Waals surface area contributed by atoms with E-state index in [9.17, 15) is 4.79 Å². The summed E-state index contributed by atoms with van der Waals surface area (Å²) in [7, 11) is 6.14. The van der Waals surface area contributed by atoms with Crippen LogP contribution in [0.5, 0.6) is 11.5 Å². The standard InChI is InChI=1S/C33H43ClNO4.HI/c1-35(2,3)32(25-27-14-9-8-10-15-27)33(36)38-23-12-7-5-4-6-11-22-37-30-18-20-31(21-19-30)39-26-28-16-13-17-29(34)24-28;/h8-10,13-21,24,32H,4-7,11-12,22-23,25-26H2,1-3H3;1H/q+1;/p-1. The second-order valence-corrected chi connectivity index (χ2v) is 11.3. The minimum absolute atomic E-state index is 0. The first-order chi connectivity index (χ1) is 18.8. The summed E-state index contributed by atoms with van der Waals surface area (Å²) in [4.78, 5) is 12.8. The van der Waals surface area contributed by atoms with Crippen molar-refractivity contribution in [1.29, 1.82) is 0 Å². The Morgan fingerprint density at radius 1 is 0.725 bits per heavy atom. The molecule has 40 heavy (non-hydrogen) atoms. The number of nitrogens with zero attached hydrogens (tertiary/aromatic N) is 1. The van der Waals surface area contributed by atoms with Crippen LogP contribution in [0.2, 0.25) is 5.02 Å². The van der Waals surface area contributed by atoms with Crippen molar-refractivity contribution in [1.82, 2.24) is 0 Å². The number of hydrogen-bond acceptors (Lipinski definition) is 4. The van der Waals surface area contributed by atoms with Crippen LogP contribution in [-0.4, -0.2) is 50.9 Å². The highest BCUT2D eigenvalue weighted by Gasteiger charge is 2.33. The van der Waals surface area contributed by atoms with Crippen molar-refractivity contribution in [3.8, 4) is 11.5 Å². The van der Waals surface area contributed by atoms with Gasteiger partial charge in [-0.25, -0.2) is 4.79 Å². The molecular weight excluding hydrogens is 637 g/mol. The topological polar surface area (TPSA) is 44.8 Å². The van der Waals surface area contributed by atoms with Crippen LogP contribution in [0.25, 0.3) is 0 Å². The molecule has 0 heterocycles. The predicted molar refractivity (Wildman–Crippen MR) is 158 cm³/mol. The van der Waals surface area contributed by atoms with E-state index in [1.165, 1.54) is 0 Å². The zero-order valence-electron chi connectivity index (χ0n) is 24.0. The zero-order valence-corrected chi connectivity index (χ0v) is 26.9. The maximum Gasteiger partial charge on any atom is 0.365 e. The van der Waals surface area contributed by atoms with Crippen LogP contribution in [0.15, 0.2) is 78.9 Å². The smallest absolute Gasteiger partial charge is 0.365 e. The van der Waals surface area contributed by atoms with E-state index < -0.39 is 0 Å². The summed E-state index contributed by atoms with van der Waals surface area (Å²) in [6, 6.07) is 25.4. The summed E-state index contributed by atoms with van der Waals surface area (Å²) in [5.74, 6) is 1.55. The highest BCUT2D eigenvalue weighted by Crippen LogP contribution is 2.20. The Morgan fingerprint density at radius 3 is 1.93 bits per heavy atom. The molecule has 0 aliphatic rings. The molecule has 218 valence electrons. The molecule has 0 aliphatic heterocycles. The first kappa shape index (κ1) is 33.9. The van der Waals surface area contributed by atoms with Gasteiger partial charge in [-0.2, -0.15) is 0 Å². The Kier molecular flexibility index (Phi) is 15.4. The number of carbonyl (C=O) groups is 1. The summed E-state index contributed by atoms with van der Waals surface area (Å²) in [5, 5.41) is 0.712. The molecule has 0 bridgehead atoms. The molecule has 0 saturated carbocycles. The lowest BCUT2D eigenvalue weighted by molar-refractivity contribution is -0.887. The zero-order chi connectivity index (χ0) is 27.9. The number of halogens is 2. The molecule has 1 unspecified atom stereocenters. The number of benzene rings is 3. The molecule has 0 radical (unpaired) electrons. The summed E-state index contributed by atoms with van der Waals surface area (Å²) in [5.41, 5.74) is 2.20. The lowest BCUT2D eigenvalue weighted by atomic mass is 10.0. The largest absolute Gasteiger partial charge is 1.00 e. The lowest BCUT2D eigenvalue weighted by Crippen LogP contribution is -3.00. The summed E-state index contributed by atoms with van der Waals surface area (Å²) in [6.45, 7) is 1.68. The Bertz CT molecular complexity index is 1120. The molecule has 3 rings (SSSR count). The summed E-state index contributed by atoms with van der Waals surface area (Å²) < 4.78 is 17.9. The third-order valence-corrected chi connectivity index (χ3v) is 6.88. The van der Waals surface area contributed by atoms with Gasteiger partial charge in [0, 0.05) is 11.4 Å². The van der Waals surface area contributed by atoms with E-state index in [1.807, 2.05) is 87.9 Å². The minimum atomic E-state index is -0.204. The molecule has 3 aromatic carbocycles. The van der Waals surface area contributed by atoms with Gasteiger partial charge in [-0.3, -0.25) is 0 Å². The molecule has 0 fully saturated rings. The Balaban J connectivity index is 0.00000560. The normalized spacial score (nSPS) is 11.8. The highest BCUT2D eigenvalue weighted by atomic mass is 127. The van der Waals surface area contributed by atoms with E-state index in [-0.39, 0.29) is 36.0 Å². The Labute approximate surface area is 262 Å². The fourth-order valence-corrected chi connectivity index (χ4v) is 4.52. The average molecular weight is 680 g/mol. The third kappa shape index (κ3) is 12.9. The number of esters is 1. The molecule has 0 saturated heterocycles. The van der Waals surface area contributed by atoms with Crippen LogP contribution < -0.4 is 33.5 Å². The van der Waals surface area contributed by atoms with Crippen molar-refractivity contribution in [2.24, 2.45) is 0 Å². The number of rotatable bonds is 17. The maximum atomic E-state index is 12.8. The van der Waals surface area contributed by atoms with Gasteiger partial charge in [0.05, 0.1) is 34.4 Å². The van der Waals surface area contributed by atoms with E-state index in [1.54, 1.807) is 0 Å². The molecule has 0 aliphatic carbocycles. The monoisotopic (exact) mass is 679 g/mol. The number of hydrogen-bond donors (Lipinski definition) is 0. The average Bonchev–Trinajstić information content (AvgIpc) is 2.92. The summed E-state index contributed by atoms with van der Waals surface area (Å²) in [6.07, 6.45) is 7.10. The molecule has 0 spiro atoms. The molecular formula is C33H43ClINO4. The van der Waals surface area contributed by atoms with Crippen molar-refractivity contribution < 1.29 is 47.5 Å². The van der Waals surface area contributed by atoms with Crippen LogP contribution in [0.3, 0.4) is 0 Å². The number of likely N-dealkylation sites (N-methyl/N-ethyl adjacent to an activating group) is 1. The highest BCUT2D eigenvalue weighted by molar-refractivity contribution is 6.30. The van der Waals surface area contributed by atoms with Gasteiger partial charge < -0.3 is 42.7 Å². The Morgan fingerprint density at radius 2 is 1.30 bits per heavy atom. The fraction of sp³-hybridized carbons (Fsp3) is 0.424. The number of unbranched alkanes of at least 4 members (excludes halogenated alkanes) is 5. The van der Waals surface area contributed by atoms with Crippen LogP contribution in [0.1, 0.15) is 49.7 Å². The first-order valence-electron chi connectivity index (χ1n) is 13.9. The van der Waals surface area contributed by atoms with Crippen LogP contribution in [0.4, 0.5) is 0 Å². The first-order valence-corrected chi connectivity index (χ1v) is 14.3.